The summed E-state index contributed by atoms with van der Waals surface area (Å²) in [6.07, 6.45) is 1.21. The van der Waals surface area contributed by atoms with E-state index in [1.807, 2.05) is 56.3 Å². The van der Waals surface area contributed by atoms with E-state index in [0.29, 0.717) is 25.1 Å². The van der Waals surface area contributed by atoms with Gasteiger partial charge in [0.2, 0.25) is 5.91 Å². The number of nitrogens with one attached hydrogen (secondary N) is 1. The molecule has 1 aromatic heterocycles. The van der Waals surface area contributed by atoms with Crippen LogP contribution in [0.25, 0.3) is 10.9 Å². The van der Waals surface area contributed by atoms with Crippen LogP contribution in [0.1, 0.15) is 30.0 Å². The molecule has 0 spiro atoms. The zero-order valence-electron chi connectivity index (χ0n) is 15.3. The zero-order valence-corrected chi connectivity index (χ0v) is 15.3. The van der Waals surface area contributed by atoms with Crippen molar-refractivity contribution in [1.29, 1.82) is 0 Å². The van der Waals surface area contributed by atoms with Gasteiger partial charge in [-0.25, -0.2) is 0 Å². The lowest BCUT2D eigenvalue weighted by Crippen LogP contribution is -2.34. The van der Waals surface area contributed by atoms with Crippen LogP contribution in [0.5, 0.6) is 0 Å². The molecule has 4 heteroatoms. The lowest BCUT2D eigenvalue weighted by molar-refractivity contribution is -0.131. The quantitative estimate of drug-likeness (QED) is 0.736. The van der Waals surface area contributed by atoms with Crippen molar-refractivity contribution in [1.82, 2.24) is 9.88 Å². The van der Waals surface area contributed by atoms with Crippen molar-refractivity contribution >= 4 is 16.8 Å². The van der Waals surface area contributed by atoms with Gasteiger partial charge in [-0.2, -0.15) is 0 Å². The average molecular weight is 348 g/mol. The van der Waals surface area contributed by atoms with Gasteiger partial charge in [-0.05, 0) is 42.0 Å². The highest BCUT2D eigenvalue weighted by molar-refractivity contribution is 5.80. The smallest absolute Gasteiger partial charge is 0.253 e. The van der Waals surface area contributed by atoms with Crippen molar-refractivity contribution in [3.8, 4) is 0 Å². The first kappa shape index (κ1) is 17.9. The predicted molar refractivity (Wildman–Crippen MR) is 105 cm³/mol. The second-order valence-electron chi connectivity index (χ2n) is 6.62. The van der Waals surface area contributed by atoms with E-state index in [1.54, 1.807) is 4.90 Å². The lowest BCUT2D eigenvalue weighted by Gasteiger charge is -2.22. The summed E-state index contributed by atoms with van der Waals surface area (Å²) >= 11 is 0. The molecule has 0 saturated heterocycles. The van der Waals surface area contributed by atoms with Gasteiger partial charge in [-0.3, -0.25) is 9.59 Å². The minimum absolute atomic E-state index is 0.0596. The second-order valence-corrected chi connectivity index (χ2v) is 6.62. The van der Waals surface area contributed by atoms with Crippen LogP contribution in [0.4, 0.5) is 0 Å². The molecule has 0 saturated carbocycles. The number of benzene rings is 2. The highest BCUT2D eigenvalue weighted by Crippen LogP contribution is 2.14. The van der Waals surface area contributed by atoms with Crippen molar-refractivity contribution < 1.29 is 4.79 Å². The monoisotopic (exact) mass is 348 g/mol. The fraction of sp³-hybridized carbons (Fsp3) is 0.273. The number of hydrogen-bond acceptors (Lipinski definition) is 2. The van der Waals surface area contributed by atoms with Crippen molar-refractivity contribution in [3.05, 3.63) is 81.6 Å². The summed E-state index contributed by atoms with van der Waals surface area (Å²) in [5.74, 6) is 0.0596. The average Bonchev–Trinajstić information content (AvgIpc) is 2.65. The van der Waals surface area contributed by atoms with Gasteiger partial charge in [0.25, 0.3) is 5.56 Å². The molecule has 0 bridgehead atoms. The number of carbonyl (C=O) groups is 1. The number of aryl methyl sites for hydroxylation is 1. The maximum absolute atomic E-state index is 12.5. The van der Waals surface area contributed by atoms with Crippen LogP contribution >= 0.6 is 0 Å². The Morgan fingerprint density at radius 3 is 2.58 bits per heavy atom. The Bertz CT molecular complexity index is 961. The summed E-state index contributed by atoms with van der Waals surface area (Å²) in [6, 6.07) is 18.0. The Balaban J connectivity index is 1.83. The summed E-state index contributed by atoms with van der Waals surface area (Å²) < 4.78 is 0. The van der Waals surface area contributed by atoms with Gasteiger partial charge in [0, 0.05) is 24.0 Å². The van der Waals surface area contributed by atoms with E-state index in [0.717, 1.165) is 22.9 Å². The van der Waals surface area contributed by atoms with E-state index < -0.39 is 0 Å². The van der Waals surface area contributed by atoms with E-state index in [-0.39, 0.29) is 11.5 Å². The molecule has 1 N–H and O–H groups in total. The third-order valence-electron chi connectivity index (χ3n) is 4.61. The molecule has 3 rings (SSSR count). The molecule has 2 aromatic carbocycles. The molecule has 1 amide bonds. The van der Waals surface area contributed by atoms with Crippen molar-refractivity contribution in [3.63, 3.8) is 0 Å². The number of rotatable bonds is 6. The standard InChI is InChI=1S/C22H24N2O2/c1-3-21(25)24(12-11-17-7-5-4-6-8-17)15-19-14-18-10-9-16(2)13-20(18)23-22(19)26/h4-10,13-14H,3,11-12,15H2,1-2H3,(H,23,26). The van der Waals surface area contributed by atoms with Gasteiger partial charge in [0.1, 0.15) is 0 Å². The topological polar surface area (TPSA) is 53.2 Å². The molecule has 1 heterocycles. The van der Waals surface area contributed by atoms with E-state index in [2.05, 4.69) is 17.1 Å². The molecule has 0 aliphatic heterocycles. The highest BCUT2D eigenvalue weighted by atomic mass is 16.2. The maximum Gasteiger partial charge on any atom is 0.253 e. The van der Waals surface area contributed by atoms with Gasteiger partial charge < -0.3 is 9.88 Å². The Morgan fingerprint density at radius 1 is 1.08 bits per heavy atom. The summed E-state index contributed by atoms with van der Waals surface area (Å²) in [5.41, 5.74) is 3.61. The normalized spacial score (nSPS) is 10.8. The third kappa shape index (κ3) is 4.20. The molecule has 0 fully saturated rings. The van der Waals surface area contributed by atoms with Crippen molar-refractivity contribution in [2.75, 3.05) is 6.54 Å². The molecule has 0 aliphatic carbocycles. The molecule has 26 heavy (non-hydrogen) atoms. The van der Waals surface area contributed by atoms with Crippen molar-refractivity contribution in [2.45, 2.75) is 33.2 Å². The first-order valence-electron chi connectivity index (χ1n) is 9.01. The number of amides is 1. The minimum Gasteiger partial charge on any atom is -0.338 e. The van der Waals surface area contributed by atoms with Gasteiger partial charge in [0.05, 0.1) is 6.54 Å². The number of hydrogen-bond donors (Lipinski definition) is 1. The van der Waals surface area contributed by atoms with Gasteiger partial charge in [-0.15, -0.1) is 0 Å². The molecule has 0 atom stereocenters. The SMILES string of the molecule is CCC(=O)N(CCc1ccccc1)Cc1cc2ccc(C)cc2[nH]c1=O. The molecular weight excluding hydrogens is 324 g/mol. The number of fused-ring (bicyclic) bond motifs is 1. The van der Waals surface area contributed by atoms with Gasteiger partial charge >= 0.3 is 0 Å². The third-order valence-corrected chi connectivity index (χ3v) is 4.61. The van der Waals surface area contributed by atoms with Crippen LogP contribution in [-0.2, 0) is 17.8 Å². The lowest BCUT2D eigenvalue weighted by atomic mass is 10.1. The van der Waals surface area contributed by atoms with Gasteiger partial charge in [-0.1, -0.05) is 49.4 Å². The Hall–Kier alpha value is -2.88. The first-order chi connectivity index (χ1) is 12.6. The summed E-state index contributed by atoms with van der Waals surface area (Å²) in [4.78, 5) is 29.6. The fourth-order valence-corrected chi connectivity index (χ4v) is 3.11. The molecular formula is C22H24N2O2. The molecule has 3 aromatic rings. The number of aromatic nitrogens is 1. The van der Waals surface area contributed by atoms with E-state index in [4.69, 9.17) is 0 Å². The van der Waals surface area contributed by atoms with Crippen LogP contribution < -0.4 is 5.56 Å². The summed E-state index contributed by atoms with van der Waals surface area (Å²) in [5, 5.41) is 0.983. The number of pyridine rings is 1. The zero-order chi connectivity index (χ0) is 18.5. The summed E-state index contributed by atoms with van der Waals surface area (Å²) in [7, 11) is 0. The highest BCUT2D eigenvalue weighted by Gasteiger charge is 2.14. The van der Waals surface area contributed by atoms with E-state index >= 15 is 0 Å². The minimum atomic E-state index is -0.128. The van der Waals surface area contributed by atoms with Crippen LogP contribution in [0.15, 0.2) is 59.4 Å². The molecule has 0 aliphatic rings. The number of nitrogens with zero attached hydrogens (tertiary/aromatic N) is 1. The van der Waals surface area contributed by atoms with Crippen LogP contribution in [0.3, 0.4) is 0 Å². The molecule has 134 valence electrons. The maximum atomic E-state index is 12.5. The number of aromatic amines is 1. The Labute approximate surface area is 153 Å². The Morgan fingerprint density at radius 2 is 1.85 bits per heavy atom. The molecule has 0 unspecified atom stereocenters. The van der Waals surface area contributed by atoms with Gasteiger partial charge in [0.15, 0.2) is 0 Å². The van der Waals surface area contributed by atoms with Crippen LogP contribution in [-0.4, -0.2) is 22.3 Å². The second kappa shape index (κ2) is 8.00. The van der Waals surface area contributed by atoms with Crippen LogP contribution in [0.2, 0.25) is 0 Å². The Kier molecular flexibility index (Phi) is 5.52. The number of carbonyl (C=O) groups excluding carboxylic acids is 1. The summed E-state index contributed by atoms with van der Waals surface area (Å²) in [6.45, 7) is 4.78. The first-order valence-corrected chi connectivity index (χ1v) is 9.01. The molecule has 4 nitrogen and oxygen atoms in total. The van der Waals surface area contributed by atoms with Crippen molar-refractivity contribution in [2.24, 2.45) is 0 Å². The van der Waals surface area contributed by atoms with E-state index in [1.165, 1.54) is 5.56 Å². The fourth-order valence-electron chi connectivity index (χ4n) is 3.11. The molecule has 0 radical (unpaired) electrons. The number of H-pyrrole nitrogens is 1. The predicted octanol–water partition coefficient (Wildman–Crippen LogP) is 3.82. The largest absolute Gasteiger partial charge is 0.338 e. The van der Waals surface area contributed by atoms with E-state index in [9.17, 15) is 9.59 Å². The van der Waals surface area contributed by atoms with Crippen LogP contribution in [0, 0.1) is 6.92 Å².